The maximum Gasteiger partial charge on any atom is 0.276 e. The highest BCUT2D eigenvalue weighted by atomic mass is 16.1. The van der Waals surface area contributed by atoms with Gasteiger partial charge in [0.15, 0.2) is 5.69 Å². The minimum atomic E-state index is -0.233. The first-order valence-corrected chi connectivity index (χ1v) is 9.13. The fourth-order valence-corrected chi connectivity index (χ4v) is 3.13. The van der Waals surface area contributed by atoms with Crippen molar-refractivity contribution >= 4 is 23.1 Å². The molecule has 2 aromatic heterocycles. The molecule has 1 unspecified atom stereocenters. The van der Waals surface area contributed by atoms with Crippen LogP contribution < -0.4 is 16.0 Å². The fourth-order valence-electron chi connectivity index (χ4n) is 3.13. The highest BCUT2D eigenvalue weighted by Gasteiger charge is 2.17. The van der Waals surface area contributed by atoms with Gasteiger partial charge in [0.1, 0.15) is 5.82 Å². The lowest BCUT2D eigenvalue weighted by atomic mass is 10.1. The number of anilines is 3. The molecular formula is C20H22N6O. The van der Waals surface area contributed by atoms with Crippen LogP contribution in [0, 0.1) is 0 Å². The number of piperidine rings is 1. The number of carbonyl (C=O) groups is 1. The summed E-state index contributed by atoms with van der Waals surface area (Å²) in [4.78, 5) is 16.8. The van der Waals surface area contributed by atoms with E-state index in [-0.39, 0.29) is 5.91 Å². The lowest BCUT2D eigenvalue weighted by Crippen LogP contribution is -2.32. The topological polar surface area (TPSA) is 83.9 Å². The molecule has 1 aromatic carbocycles. The van der Waals surface area contributed by atoms with Crippen LogP contribution in [0.2, 0.25) is 0 Å². The number of amides is 1. The molecule has 0 spiro atoms. The van der Waals surface area contributed by atoms with E-state index < -0.39 is 0 Å². The Bertz CT molecular complexity index is 884. The molecule has 3 heterocycles. The van der Waals surface area contributed by atoms with Crippen molar-refractivity contribution < 1.29 is 4.79 Å². The van der Waals surface area contributed by atoms with Crippen molar-refractivity contribution in [3.8, 4) is 0 Å². The minimum Gasteiger partial charge on any atom is -0.340 e. The number of carbonyl (C=O) groups excluding carboxylic acids is 1. The first kappa shape index (κ1) is 17.2. The van der Waals surface area contributed by atoms with Crippen molar-refractivity contribution in [2.24, 2.45) is 0 Å². The molecular weight excluding hydrogens is 340 g/mol. The SMILES string of the molecule is O=C(Nc1ccc(Nc2ccccc2)nc1)c1ccn(C2CCCNC2)n1. The van der Waals surface area contributed by atoms with Gasteiger partial charge < -0.3 is 16.0 Å². The molecule has 1 fully saturated rings. The van der Waals surface area contributed by atoms with Crippen LogP contribution in [0.5, 0.6) is 0 Å². The molecule has 1 amide bonds. The number of rotatable bonds is 5. The predicted molar refractivity (Wildman–Crippen MR) is 105 cm³/mol. The van der Waals surface area contributed by atoms with Gasteiger partial charge in [-0.1, -0.05) is 18.2 Å². The van der Waals surface area contributed by atoms with Crippen molar-refractivity contribution in [1.29, 1.82) is 0 Å². The summed E-state index contributed by atoms with van der Waals surface area (Å²) in [7, 11) is 0. The summed E-state index contributed by atoms with van der Waals surface area (Å²) in [6, 6.07) is 15.5. The number of hydrogen-bond acceptors (Lipinski definition) is 5. The summed E-state index contributed by atoms with van der Waals surface area (Å²) in [6.45, 7) is 1.94. The van der Waals surface area contributed by atoms with E-state index >= 15 is 0 Å². The highest BCUT2D eigenvalue weighted by Crippen LogP contribution is 2.18. The molecule has 1 saturated heterocycles. The van der Waals surface area contributed by atoms with Crippen molar-refractivity contribution in [1.82, 2.24) is 20.1 Å². The Morgan fingerprint density at radius 1 is 1.11 bits per heavy atom. The Balaban J connectivity index is 1.37. The zero-order valence-corrected chi connectivity index (χ0v) is 14.9. The van der Waals surface area contributed by atoms with Gasteiger partial charge in [-0.25, -0.2) is 4.98 Å². The average molecular weight is 362 g/mol. The third-order valence-electron chi connectivity index (χ3n) is 4.55. The molecule has 7 heteroatoms. The summed E-state index contributed by atoms with van der Waals surface area (Å²) in [5, 5.41) is 13.8. The summed E-state index contributed by atoms with van der Waals surface area (Å²) in [5.74, 6) is 0.483. The molecule has 0 aliphatic carbocycles. The predicted octanol–water partition coefficient (Wildman–Crippen LogP) is 3.20. The number of nitrogens with zero attached hydrogens (tertiary/aromatic N) is 3. The molecule has 27 heavy (non-hydrogen) atoms. The van der Waals surface area contributed by atoms with Crippen molar-refractivity contribution in [2.75, 3.05) is 23.7 Å². The smallest absolute Gasteiger partial charge is 0.276 e. The third-order valence-corrected chi connectivity index (χ3v) is 4.55. The van der Waals surface area contributed by atoms with Crippen molar-refractivity contribution in [3.63, 3.8) is 0 Å². The standard InChI is InChI=1S/C20H22N6O/c27-20(18-10-12-26(25-18)17-7-4-11-21-14-17)24-16-8-9-19(22-13-16)23-15-5-2-1-3-6-15/h1-3,5-6,8-10,12-13,17,21H,4,7,11,14H2,(H,22,23)(H,24,27). The van der Waals surface area contributed by atoms with Gasteiger partial charge in [-0.3, -0.25) is 9.48 Å². The number of aromatic nitrogens is 3. The lowest BCUT2D eigenvalue weighted by molar-refractivity contribution is 0.102. The first-order chi connectivity index (χ1) is 13.3. The lowest BCUT2D eigenvalue weighted by Gasteiger charge is -2.22. The van der Waals surface area contributed by atoms with Gasteiger partial charge in [0.2, 0.25) is 0 Å². The molecule has 1 aliphatic heterocycles. The van der Waals surface area contributed by atoms with Crippen LogP contribution in [-0.2, 0) is 0 Å². The van der Waals surface area contributed by atoms with Gasteiger partial charge >= 0.3 is 0 Å². The van der Waals surface area contributed by atoms with Crippen LogP contribution in [0.3, 0.4) is 0 Å². The Kier molecular flexibility index (Phi) is 5.11. The molecule has 0 bridgehead atoms. The summed E-state index contributed by atoms with van der Waals surface area (Å²) in [6.07, 6.45) is 5.71. The Labute approximate surface area is 157 Å². The van der Waals surface area contributed by atoms with Gasteiger partial charge in [0.05, 0.1) is 17.9 Å². The highest BCUT2D eigenvalue weighted by molar-refractivity contribution is 6.02. The van der Waals surface area contributed by atoms with E-state index in [2.05, 4.69) is 26.0 Å². The van der Waals surface area contributed by atoms with Crippen LogP contribution in [0.1, 0.15) is 29.4 Å². The maximum absolute atomic E-state index is 12.4. The normalized spacial score (nSPS) is 16.7. The van der Waals surface area contributed by atoms with Crippen molar-refractivity contribution in [2.45, 2.75) is 18.9 Å². The Morgan fingerprint density at radius 2 is 2.00 bits per heavy atom. The second-order valence-corrected chi connectivity index (χ2v) is 6.56. The van der Waals surface area contributed by atoms with Gasteiger partial charge in [0, 0.05) is 18.4 Å². The van der Waals surface area contributed by atoms with Gasteiger partial charge in [0.25, 0.3) is 5.91 Å². The largest absolute Gasteiger partial charge is 0.340 e. The summed E-state index contributed by atoms with van der Waals surface area (Å²) >= 11 is 0. The molecule has 138 valence electrons. The summed E-state index contributed by atoms with van der Waals surface area (Å²) < 4.78 is 1.88. The van der Waals surface area contributed by atoms with E-state index in [0.717, 1.165) is 31.6 Å². The van der Waals surface area contributed by atoms with Crippen LogP contribution in [0.25, 0.3) is 0 Å². The quantitative estimate of drug-likeness (QED) is 0.649. The number of nitrogens with one attached hydrogen (secondary N) is 3. The van der Waals surface area contributed by atoms with Crippen LogP contribution >= 0.6 is 0 Å². The average Bonchev–Trinajstić information content (AvgIpc) is 3.21. The molecule has 0 radical (unpaired) electrons. The molecule has 0 saturated carbocycles. The van der Waals surface area contributed by atoms with Crippen molar-refractivity contribution in [3.05, 3.63) is 66.6 Å². The third kappa shape index (κ3) is 4.32. The van der Waals surface area contributed by atoms with Gasteiger partial charge in [-0.05, 0) is 49.7 Å². The van der Waals surface area contributed by atoms with Gasteiger partial charge in [-0.2, -0.15) is 5.10 Å². The number of para-hydroxylation sites is 1. The van der Waals surface area contributed by atoms with Crippen LogP contribution in [0.15, 0.2) is 60.9 Å². The monoisotopic (exact) mass is 362 g/mol. The van der Waals surface area contributed by atoms with E-state index in [4.69, 9.17) is 0 Å². The Morgan fingerprint density at radius 3 is 2.74 bits per heavy atom. The van der Waals surface area contributed by atoms with E-state index in [1.54, 1.807) is 12.3 Å². The zero-order valence-electron chi connectivity index (χ0n) is 14.9. The molecule has 3 N–H and O–H groups in total. The van der Waals surface area contributed by atoms with Crippen LogP contribution in [-0.4, -0.2) is 33.8 Å². The van der Waals surface area contributed by atoms with E-state index in [0.29, 0.717) is 23.2 Å². The van der Waals surface area contributed by atoms with E-state index in [9.17, 15) is 4.79 Å². The number of benzene rings is 1. The van der Waals surface area contributed by atoms with E-state index in [1.807, 2.05) is 53.3 Å². The Hall–Kier alpha value is -3.19. The molecule has 4 rings (SSSR count). The minimum absolute atomic E-state index is 0.233. The van der Waals surface area contributed by atoms with E-state index in [1.165, 1.54) is 0 Å². The first-order valence-electron chi connectivity index (χ1n) is 9.13. The fraction of sp³-hybridized carbons (Fsp3) is 0.250. The molecule has 7 nitrogen and oxygen atoms in total. The molecule has 1 aliphatic rings. The number of hydrogen-bond donors (Lipinski definition) is 3. The number of pyridine rings is 1. The second-order valence-electron chi connectivity index (χ2n) is 6.56. The molecule has 3 aromatic rings. The maximum atomic E-state index is 12.4. The zero-order chi connectivity index (χ0) is 18.5. The molecule has 1 atom stereocenters. The summed E-state index contributed by atoms with van der Waals surface area (Å²) in [5.41, 5.74) is 2.00. The van der Waals surface area contributed by atoms with Gasteiger partial charge in [-0.15, -0.1) is 0 Å². The van der Waals surface area contributed by atoms with Crippen LogP contribution in [0.4, 0.5) is 17.2 Å². The second kappa shape index (κ2) is 8.01.